The van der Waals surface area contributed by atoms with Gasteiger partial charge in [0.15, 0.2) is 5.60 Å². The maximum Gasteiger partial charge on any atom is 0.347 e. The molecule has 0 saturated carbocycles. The van der Waals surface area contributed by atoms with Crippen LogP contribution in [0.1, 0.15) is 58.2 Å². The number of amides is 1. The minimum absolute atomic E-state index is 0.0541. The van der Waals surface area contributed by atoms with E-state index in [-0.39, 0.29) is 17.9 Å². The van der Waals surface area contributed by atoms with Gasteiger partial charge >= 0.3 is 5.97 Å². The third-order valence-corrected chi connectivity index (χ3v) is 5.40. The van der Waals surface area contributed by atoms with Crippen molar-refractivity contribution in [2.24, 2.45) is 0 Å². The number of rotatable bonds is 9. The average Bonchev–Trinajstić information content (AvgIpc) is 2.69. The number of carboxylic acids is 1. The van der Waals surface area contributed by atoms with Gasteiger partial charge in [-0.3, -0.25) is 9.69 Å². The number of hydrogen-bond acceptors (Lipinski definition) is 4. The molecule has 0 radical (unpaired) electrons. The number of anilines is 1. The van der Waals surface area contributed by atoms with Gasteiger partial charge in [-0.05, 0) is 67.6 Å². The molecule has 0 aliphatic carbocycles. The van der Waals surface area contributed by atoms with Gasteiger partial charge in [0.05, 0.1) is 6.54 Å². The molecule has 32 heavy (non-hydrogen) atoms. The van der Waals surface area contributed by atoms with Gasteiger partial charge in [-0.1, -0.05) is 52.0 Å². The predicted octanol–water partition coefficient (Wildman–Crippen LogP) is 5.00. The Kier molecular flexibility index (Phi) is 8.07. The number of carbonyl (C=O) groups excluding carboxylic acids is 1. The molecule has 2 rings (SSSR count). The van der Waals surface area contributed by atoms with Gasteiger partial charge in [0.25, 0.3) is 0 Å². The Morgan fingerprint density at radius 1 is 1.03 bits per heavy atom. The van der Waals surface area contributed by atoms with Crippen LogP contribution in [-0.2, 0) is 21.5 Å². The monoisotopic (exact) mass is 440 g/mol. The lowest BCUT2D eigenvalue weighted by Crippen LogP contribution is -2.37. The second-order valence-corrected chi connectivity index (χ2v) is 9.69. The van der Waals surface area contributed by atoms with Gasteiger partial charge in [0, 0.05) is 12.2 Å². The van der Waals surface area contributed by atoms with Crippen LogP contribution in [0.4, 0.5) is 5.69 Å². The fraction of sp³-hybridized carbons (Fsp3) is 0.462. The Bertz CT molecular complexity index is 943. The largest absolute Gasteiger partial charge is 0.478 e. The third-order valence-electron chi connectivity index (χ3n) is 5.40. The average molecular weight is 441 g/mol. The van der Waals surface area contributed by atoms with E-state index < -0.39 is 11.6 Å². The molecule has 0 bridgehead atoms. The highest BCUT2D eigenvalue weighted by atomic mass is 16.5. The quantitative estimate of drug-likeness (QED) is 0.574. The minimum atomic E-state index is -1.29. The highest BCUT2D eigenvalue weighted by Crippen LogP contribution is 2.26. The number of aliphatic carboxylic acids is 1. The predicted molar refractivity (Wildman–Crippen MR) is 128 cm³/mol. The van der Waals surface area contributed by atoms with Gasteiger partial charge in [-0.25, -0.2) is 4.79 Å². The zero-order chi connectivity index (χ0) is 24.1. The van der Waals surface area contributed by atoms with E-state index in [9.17, 15) is 14.7 Å². The summed E-state index contributed by atoms with van der Waals surface area (Å²) in [6.07, 6.45) is 0. The van der Waals surface area contributed by atoms with Gasteiger partial charge in [-0.2, -0.15) is 0 Å². The Labute approximate surface area is 191 Å². The number of hydrogen-bond donors (Lipinski definition) is 2. The molecule has 6 heteroatoms. The molecule has 0 aliphatic rings. The van der Waals surface area contributed by atoms with E-state index in [0.29, 0.717) is 12.3 Å². The van der Waals surface area contributed by atoms with E-state index in [2.05, 4.69) is 38.2 Å². The lowest BCUT2D eigenvalue weighted by atomic mass is 9.86. The van der Waals surface area contributed by atoms with Gasteiger partial charge < -0.3 is 15.2 Å². The number of nitrogens with zero attached hydrogens (tertiary/aromatic N) is 1. The van der Waals surface area contributed by atoms with Crippen LogP contribution in [0, 0.1) is 6.92 Å². The zero-order valence-corrected chi connectivity index (χ0v) is 20.3. The van der Waals surface area contributed by atoms with Crippen molar-refractivity contribution in [1.82, 2.24) is 4.90 Å². The summed E-state index contributed by atoms with van der Waals surface area (Å²) in [6, 6.07) is 13.5. The van der Waals surface area contributed by atoms with Crippen LogP contribution in [0.5, 0.6) is 5.75 Å². The van der Waals surface area contributed by atoms with Crippen molar-refractivity contribution in [3.05, 3.63) is 59.2 Å². The second kappa shape index (κ2) is 10.2. The molecule has 0 heterocycles. The maximum absolute atomic E-state index is 12.7. The van der Waals surface area contributed by atoms with E-state index >= 15 is 0 Å². The summed E-state index contributed by atoms with van der Waals surface area (Å²) < 4.78 is 5.54. The van der Waals surface area contributed by atoms with Crippen molar-refractivity contribution in [3.8, 4) is 5.75 Å². The van der Waals surface area contributed by atoms with Crippen LogP contribution in [0.2, 0.25) is 0 Å². The summed E-state index contributed by atoms with van der Waals surface area (Å²) in [5.74, 6) is -0.578. The first-order chi connectivity index (χ1) is 14.8. The lowest BCUT2D eigenvalue weighted by molar-refractivity contribution is -0.152. The highest BCUT2D eigenvalue weighted by molar-refractivity contribution is 5.93. The molecule has 0 fully saturated rings. The molecule has 0 atom stereocenters. The number of aryl methyl sites for hydroxylation is 1. The van der Waals surface area contributed by atoms with Crippen molar-refractivity contribution in [3.63, 3.8) is 0 Å². The highest BCUT2D eigenvalue weighted by Gasteiger charge is 2.29. The lowest BCUT2D eigenvalue weighted by Gasteiger charge is -2.23. The molecule has 0 aliphatic heterocycles. The second-order valence-electron chi connectivity index (χ2n) is 9.69. The number of likely N-dealkylation sites (N-methyl/N-ethyl adjacent to an activating group) is 1. The zero-order valence-electron chi connectivity index (χ0n) is 20.3. The molecular formula is C26H36N2O4. The SMILES string of the molecule is CCN(CC(=O)Nc1ccc(C(C)(C)C)cc1C)Cc1ccc(OC(C)(C)C(=O)O)cc1. The summed E-state index contributed by atoms with van der Waals surface area (Å²) in [4.78, 5) is 25.9. The minimum Gasteiger partial charge on any atom is -0.478 e. The Morgan fingerprint density at radius 2 is 1.66 bits per heavy atom. The maximum atomic E-state index is 12.7. The molecule has 0 spiro atoms. The van der Waals surface area contributed by atoms with Crippen LogP contribution in [0.15, 0.2) is 42.5 Å². The van der Waals surface area contributed by atoms with Crippen molar-refractivity contribution in [1.29, 1.82) is 0 Å². The topological polar surface area (TPSA) is 78.9 Å². The van der Waals surface area contributed by atoms with Crippen molar-refractivity contribution in [2.45, 2.75) is 66.0 Å². The number of carboxylic acid groups (broad SMARTS) is 1. The first-order valence-corrected chi connectivity index (χ1v) is 11.0. The number of nitrogens with one attached hydrogen (secondary N) is 1. The van der Waals surface area contributed by atoms with Crippen LogP contribution in [0.3, 0.4) is 0 Å². The van der Waals surface area contributed by atoms with Gasteiger partial charge in [0.1, 0.15) is 5.75 Å². The molecule has 2 aromatic rings. The van der Waals surface area contributed by atoms with Crippen LogP contribution >= 0.6 is 0 Å². The van der Waals surface area contributed by atoms with E-state index in [4.69, 9.17) is 4.74 Å². The third kappa shape index (κ3) is 7.09. The Balaban J connectivity index is 1.97. The van der Waals surface area contributed by atoms with Crippen molar-refractivity contribution >= 4 is 17.6 Å². The molecule has 0 unspecified atom stereocenters. The Hall–Kier alpha value is -2.86. The number of carbonyl (C=O) groups is 2. The molecule has 174 valence electrons. The molecule has 0 saturated heterocycles. The number of benzene rings is 2. The van der Waals surface area contributed by atoms with E-state index in [1.165, 1.54) is 19.4 Å². The summed E-state index contributed by atoms with van der Waals surface area (Å²) in [7, 11) is 0. The normalized spacial score (nSPS) is 12.0. The van der Waals surface area contributed by atoms with Crippen LogP contribution in [-0.4, -0.2) is 40.6 Å². The van der Waals surface area contributed by atoms with Gasteiger partial charge in [-0.15, -0.1) is 0 Å². The Morgan fingerprint density at radius 3 is 2.16 bits per heavy atom. The summed E-state index contributed by atoms with van der Waals surface area (Å²) in [5.41, 5.74) is 2.91. The van der Waals surface area contributed by atoms with Crippen LogP contribution < -0.4 is 10.1 Å². The molecule has 0 aromatic heterocycles. The van der Waals surface area contributed by atoms with Crippen LogP contribution in [0.25, 0.3) is 0 Å². The van der Waals surface area contributed by atoms with E-state index in [0.717, 1.165) is 23.4 Å². The van der Waals surface area contributed by atoms with E-state index in [1.807, 2.05) is 36.9 Å². The first kappa shape index (κ1) is 25.4. The molecule has 6 nitrogen and oxygen atoms in total. The van der Waals surface area contributed by atoms with Crippen molar-refractivity contribution < 1.29 is 19.4 Å². The summed E-state index contributed by atoms with van der Waals surface area (Å²) in [5, 5.41) is 12.2. The molecule has 2 N–H and O–H groups in total. The summed E-state index contributed by atoms with van der Waals surface area (Å²) >= 11 is 0. The molecule has 2 aromatic carbocycles. The van der Waals surface area contributed by atoms with Gasteiger partial charge in [0.2, 0.25) is 5.91 Å². The van der Waals surface area contributed by atoms with E-state index in [1.54, 1.807) is 12.1 Å². The number of ether oxygens (including phenoxy) is 1. The fourth-order valence-corrected chi connectivity index (χ4v) is 3.20. The first-order valence-electron chi connectivity index (χ1n) is 11.0. The molecule has 1 amide bonds. The fourth-order valence-electron chi connectivity index (χ4n) is 3.20. The summed E-state index contributed by atoms with van der Waals surface area (Å²) in [6.45, 7) is 15.2. The standard InChI is InChI=1S/C26H36N2O4/c1-8-28(16-19-9-12-21(13-10-19)32-26(6,7)24(30)31)17-23(29)27-22-14-11-20(15-18(22)2)25(3,4)5/h9-15H,8,16-17H2,1-7H3,(H,27,29)(H,30,31). The molecular weight excluding hydrogens is 404 g/mol. The van der Waals surface area contributed by atoms with Crippen molar-refractivity contribution in [2.75, 3.05) is 18.4 Å². The smallest absolute Gasteiger partial charge is 0.347 e.